The molecule has 0 aliphatic carbocycles. The summed E-state index contributed by atoms with van der Waals surface area (Å²) in [6.45, 7) is 3.65. The summed E-state index contributed by atoms with van der Waals surface area (Å²) in [7, 11) is 1.92. The first-order valence-electron chi connectivity index (χ1n) is 8.04. The highest BCUT2D eigenvalue weighted by atomic mass is 32.2. The summed E-state index contributed by atoms with van der Waals surface area (Å²) < 4.78 is 4.13. The number of nitrogens with one attached hydrogen (secondary N) is 1. The summed E-state index contributed by atoms with van der Waals surface area (Å²) in [6.07, 6.45) is 4.99. The first-order chi connectivity index (χ1) is 12.2. The lowest BCUT2D eigenvalue weighted by Gasteiger charge is -2.35. The number of aryl methyl sites for hydroxylation is 1. The molecular formula is C17H21N5O2S. The van der Waals surface area contributed by atoms with Crippen molar-refractivity contribution < 1.29 is 10.0 Å². The zero-order valence-electron chi connectivity index (χ0n) is 14.0. The molecule has 0 atom stereocenters. The van der Waals surface area contributed by atoms with Crippen LogP contribution in [0.2, 0.25) is 0 Å². The molecule has 1 aliphatic heterocycles. The molecule has 0 radical (unpaired) electrons. The average Bonchev–Trinajstić information content (AvgIpc) is 3.05. The van der Waals surface area contributed by atoms with Crippen molar-refractivity contribution in [1.82, 2.24) is 19.6 Å². The van der Waals surface area contributed by atoms with Gasteiger partial charge in [-0.15, -0.1) is 0 Å². The SMILES string of the molecule is Cn1ccc(SN2CCN(c3ccccc3/C=C/C(=O)NO)CC2)n1. The van der Waals surface area contributed by atoms with Crippen molar-refractivity contribution in [1.29, 1.82) is 0 Å². The third kappa shape index (κ3) is 4.62. The molecule has 1 aromatic heterocycles. The van der Waals surface area contributed by atoms with Crippen LogP contribution in [0.5, 0.6) is 0 Å². The lowest BCUT2D eigenvalue weighted by atomic mass is 10.1. The Hall–Kier alpha value is -2.29. The second-order valence-corrected chi connectivity index (χ2v) is 6.82. The highest BCUT2D eigenvalue weighted by molar-refractivity contribution is 7.97. The molecule has 8 heteroatoms. The molecule has 3 rings (SSSR count). The Balaban J connectivity index is 1.63. The van der Waals surface area contributed by atoms with E-state index < -0.39 is 5.91 Å². The van der Waals surface area contributed by atoms with E-state index in [0.717, 1.165) is 42.5 Å². The molecule has 2 N–H and O–H groups in total. The van der Waals surface area contributed by atoms with E-state index in [-0.39, 0.29) is 0 Å². The van der Waals surface area contributed by atoms with E-state index in [1.165, 1.54) is 6.08 Å². The monoisotopic (exact) mass is 359 g/mol. The van der Waals surface area contributed by atoms with Crippen LogP contribution in [-0.2, 0) is 11.8 Å². The summed E-state index contributed by atoms with van der Waals surface area (Å²) >= 11 is 1.68. The van der Waals surface area contributed by atoms with Crippen molar-refractivity contribution in [3.63, 3.8) is 0 Å². The van der Waals surface area contributed by atoms with E-state index in [1.807, 2.05) is 42.2 Å². The average molecular weight is 359 g/mol. The quantitative estimate of drug-likeness (QED) is 0.367. The third-order valence-corrected chi connectivity index (χ3v) is 4.98. The number of benzene rings is 1. The minimum Gasteiger partial charge on any atom is -0.368 e. The molecule has 1 fully saturated rings. The lowest BCUT2D eigenvalue weighted by molar-refractivity contribution is -0.124. The second kappa shape index (κ2) is 8.19. The van der Waals surface area contributed by atoms with E-state index >= 15 is 0 Å². The standard InChI is InChI=1S/C17H21N5O2S/c1-20-9-8-17(18-20)25-22-12-10-21(11-13-22)15-5-3-2-4-14(15)6-7-16(23)19-24/h2-9,24H,10-13H2,1H3,(H,19,23)/b7-6+. The predicted octanol–water partition coefficient (Wildman–Crippen LogP) is 1.77. The number of hydrogen-bond acceptors (Lipinski definition) is 6. The number of rotatable bonds is 5. The molecular weight excluding hydrogens is 338 g/mol. The number of nitrogens with zero attached hydrogens (tertiary/aromatic N) is 4. The van der Waals surface area contributed by atoms with Crippen LogP contribution in [0.3, 0.4) is 0 Å². The van der Waals surface area contributed by atoms with Crippen LogP contribution in [-0.4, -0.2) is 51.4 Å². The normalized spacial score (nSPS) is 15.7. The Bertz CT molecular complexity index is 753. The number of anilines is 1. The van der Waals surface area contributed by atoms with E-state index in [2.05, 4.69) is 20.4 Å². The Labute approximate surface area is 151 Å². The first kappa shape index (κ1) is 17.5. The zero-order valence-corrected chi connectivity index (χ0v) is 14.8. The van der Waals surface area contributed by atoms with Crippen LogP contribution >= 0.6 is 11.9 Å². The maximum Gasteiger partial charge on any atom is 0.267 e. The molecule has 7 nitrogen and oxygen atoms in total. The largest absolute Gasteiger partial charge is 0.368 e. The number of hydrogen-bond donors (Lipinski definition) is 2. The van der Waals surface area contributed by atoms with Crippen molar-refractivity contribution in [2.45, 2.75) is 5.03 Å². The number of piperazine rings is 1. The van der Waals surface area contributed by atoms with Gasteiger partial charge in [-0.25, -0.2) is 9.79 Å². The molecule has 1 amide bonds. The van der Waals surface area contributed by atoms with Gasteiger partial charge in [-0.3, -0.25) is 14.7 Å². The maximum absolute atomic E-state index is 11.2. The van der Waals surface area contributed by atoms with Crippen LogP contribution in [0.4, 0.5) is 5.69 Å². The van der Waals surface area contributed by atoms with Crippen molar-refractivity contribution in [2.75, 3.05) is 31.1 Å². The van der Waals surface area contributed by atoms with Gasteiger partial charge < -0.3 is 4.90 Å². The summed E-state index contributed by atoms with van der Waals surface area (Å²) in [6, 6.07) is 9.97. The topological polar surface area (TPSA) is 73.6 Å². The fourth-order valence-corrected chi connectivity index (χ4v) is 3.61. The second-order valence-electron chi connectivity index (χ2n) is 5.70. The van der Waals surface area contributed by atoms with Gasteiger partial charge in [-0.2, -0.15) is 5.10 Å². The Kier molecular flexibility index (Phi) is 5.75. The molecule has 2 heterocycles. The number of carbonyl (C=O) groups excluding carboxylic acids is 1. The maximum atomic E-state index is 11.2. The molecule has 132 valence electrons. The summed E-state index contributed by atoms with van der Waals surface area (Å²) in [5, 5.41) is 14.0. The predicted molar refractivity (Wildman–Crippen MR) is 98.3 cm³/mol. The van der Waals surface area contributed by atoms with Gasteiger partial charge in [0.1, 0.15) is 5.03 Å². The highest BCUT2D eigenvalue weighted by Crippen LogP contribution is 2.26. The Morgan fingerprint density at radius 2 is 2.00 bits per heavy atom. The molecule has 1 aromatic carbocycles. The van der Waals surface area contributed by atoms with Crippen molar-refractivity contribution >= 4 is 29.6 Å². The van der Waals surface area contributed by atoms with Gasteiger partial charge >= 0.3 is 0 Å². The molecule has 0 bridgehead atoms. The van der Waals surface area contributed by atoms with E-state index in [9.17, 15) is 4.79 Å². The highest BCUT2D eigenvalue weighted by Gasteiger charge is 2.20. The van der Waals surface area contributed by atoms with Crippen LogP contribution in [0.15, 0.2) is 47.6 Å². The molecule has 1 saturated heterocycles. The van der Waals surface area contributed by atoms with E-state index in [1.54, 1.807) is 23.5 Å². The molecule has 2 aromatic rings. The number of amides is 1. The Morgan fingerprint density at radius 3 is 2.68 bits per heavy atom. The van der Waals surface area contributed by atoms with Gasteiger partial charge in [-0.05, 0) is 35.7 Å². The van der Waals surface area contributed by atoms with Crippen molar-refractivity contribution in [3.05, 3.63) is 48.2 Å². The van der Waals surface area contributed by atoms with Crippen molar-refractivity contribution in [3.8, 4) is 0 Å². The van der Waals surface area contributed by atoms with Crippen LogP contribution < -0.4 is 10.4 Å². The fraction of sp³-hybridized carbons (Fsp3) is 0.294. The fourth-order valence-electron chi connectivity index (χ4n) is 2.71. The molecule has 0 saturated carbocycles. The Morgan fingerprint density at radius 1 is 1.24 bits per heavy atom. The van der Waals surface area contributed by atoms with Gasteiger partial charge in [-0.1, -0.05) is 18.2 Å². The van der Waals surface area contributed by atoms with Crippen LogP contribution in [0, 0.1) is 0 Å². The molecule has 25 heavy (non-hydrogen) atoms. The van der Waals surface area contributed by atoms with E-state index in [4.69, 9.17) is 5.21 Å². The summed E-state index contributed by atoms with van der Waals surface area (Å²) in [5.41, 5.74) is 3.65. The number of hydroxylamine groups is 1. The first-order valence-corrected chi connectivity index (χ1v) is 8.82. The van der Waals surface area contributed by atoms with Crippen LogP contribution in [0.1, 0.15) is 5.56 Å². The van der Waals surface area contributed by atoms with Crippen LogP contribution in [0.25, 0.3) is 6.08 Å². The smallest absolute Gasteiger partial charge is 0.267 e. The summed E-state index contributed by atoms with van der Waals surface area (Å²) in [4.78, 5) is 13.5. The lowest BCUT2D eigenvalue weighted by Crippen LogP contribution is -2.43. The number of carbonyl (C=O) groups is 1. The zero-order chi connectivity index (χ0) is 17.6. The third-order valence-electron chi connectivity index (χ3n) is 3.95. The van der Waals surface area contributed by atoms with Crippen molar-refractivity contribution in [2.24, 2.45) is 7.05 Å². The van der Waals surface area contributed by atoms with Gasteiger partial charge in [0, 0.05) is 51.2 Å². The minimum atomic E-state index is -0.536. The molecule has 1 aliphatic rings. The number of para-hydroxylation sites is 1. The van der Waals surface area contributed by atoms with Gasteiger partial charge in [0.05, 0.1) is 0 Å². The van der Waals surface area contributed by atoms with Gasteiger partial charge in [0.25, 0.3) is 5.91 Å². The van der Waals surface area contributed by atoms with E-state index in [0.29, 0.717) is 0 Å². The number of aromatic nitrogens is 2. The minimum absolute atomic E-state index is 0.536. The van der Waals surface area contributed by atoms with Gasteiger partial charge in [0.2, 0.25) is 0 Å². The summed E-state index contributed by atoms with van der Waals surface area (Å²) in [5.74, 6) is -0.536. The molecule has 0 spiro atoms. The molecule has 0 unspecified atom stereocenters. The van der Waals surface area contributed by atoms with Gasteiger partial charge in [0.15, 0.2) is 0 Å².